The number of aliphatic hydroxyl groups is 1. The van der Waals surface area contributed by atoms with Crippen LogP contribution in [0, 0.1) is 0 Å². The maximum Gasteiger partial charge on any atom is 0.153 e. The average molecular weight is 260 g/mol. The molecule has 1 aromatic carbocycles. The first-order chi connectivity index (χ1) is 8.74. The zero-order valence-electron chi connectivity index (χ0n) is 11.9. The van der Waals surface area contributed by atoms with Gasteiger partial charge in [0.1, 0.15) is 11.3 Å². The Morgan fingerprint density at radius 3 is 2.37 bits per heavy atom. The van der Waals surface area contributed by atoms with E-state index < -0.39 is 11.2 Å². The monoisotopic (exact) mass is 260 g/mol. The molecule has 0 saturated carbocycles. The second-order valence-electron chi connectivity index (χ2n) is 6.56. The van der Waals surface area contributed by atoms with Crippen LogP contribution in [0.4, 0.5) is 0 Å². The highest BCUT2D eigenvalue weighted by molar-refractivity contribution is 5.78. The van der Waals surface area contributed by atoms with Gasteiger partial charge in [-0.2, -0.15) is 0 Å². The molecule has 1 aromatic heterocycles. The minimum atomic E-state index is -1.10. The van der Waals surface area contributed by atoms with Gasteiger partial charge >= 0.3 is 0 Å². The van der Waals surface area contributed by atoms with Gasteiger partial charge in [-0.05, 0) is 39.8 Å². The summed E-state index contributed by atoms with van der Waals surface area (Å²) in [4.78, 5) is 0. The summed E-state index contributed by atoms with van der Waals surface area (Å²) in [6.45, 7) is 7.81. The standard InChI is InChI=1S/C16H20O3/c1-14(2)10-16(17,15(3,4)19-14)13-9-11-7-5-6-8-12(11)18-13/h5-9,17H,10H2,1-4H3. The molecule has 102 valence electrons. The first-order valence-corrected chi connectivity index (χ1v) is 6.65. The van der Waals surface area contributed by atoms with Crippen LogP contribution in [-0.4, -0.2) is 16.3 Å². The number of furan rings is 1. The molecule has 1 N–H and O–H groups in total. The molecular formula is C16H20O3. The van der Waals surface area contributed by atoms with E-state index in [-0.39, 0.29) is 5.60 Å². The van der Waals surface area contributed by atoms with Crippen molar-refractivity contribution in [2.75, 3.05) is 0 Å². The molecule has 0 radical (unpaired) electrons. The Labute approximate surface area is 113 Å². The fourth-order valence-electron chi connectivity index (χ4n) is 3.21. The fourth-order valence-corrected chi connectivity index (χ4v) is 3.21. The molecule has 0 aliphatic carbocycles. The third-order valence-corrected chi connectivity index (χ3v) is 4.04. The van der Waals surface area contributed by atoms with E-state index in [9.17, 15) is 5.11 Å². The van der Waals surface area contributed by atoms with Crippen molar-refractivity contribution in [3.63, 3.8) is 0 Å². The minimum Gasteiger partial charge on any atom is -0.458 e. The second-order valence-corrected chi connectivity index (χ2v) is 6.56. The lowest BCUT2D eigenvalue weighted by atomic mass is 9.80. The van der Waals surface area contributed by atoms with Gasteiger partial charge in [0, 0.05) is 11.8 Å². The molecule has 1 atom stereocenters. The number of fused-ring (bicyclic) bond motifs is 1. The summed E-state index contributed by atoms with van der Waals surface area (Å²) in [6.07, 6.45) is 0.521. The Balaban J connectivity index is 2.14. The third-order valence-electron chi connectivity index (χ3n) is 4.04. The summed E-state index contributed by atoms with van der Waals surface area (Å²) in [7, 11) is 0. The van der Waals surface area contributed by atoms with E-state index in [1.807, 2.05) is 58.0 Å². The normalized spacial score (nSPS) is 28.9. The molecule has 2 heterocycles. The summed E-state index contributed by atoms with van der Waals surface area (Å²) in [6, 6.07) is 9.71. The van der Waals surface area contributed by atoms with Gasteiger partial charge in [0.25, 0.3) is 0 Å². The van der Waals surface area contributed by atoms with Crippen LogP contribution in [0.1, 0.15) is 39.9 Å². The number of ether oxygens (including phenoxy) is 1. The zero-order chi connectivity index (χ0) is 13.9. The molecule has 3 rings (SSSR count). The Bertz CT molecular complexity index is 591. The highest BCUT2D eigenvalue weighted by Gasteiger charge is 2.59. The van der Waals surface area contributed by atoms with Crippen molar-refractivity contribution in [1.29, 1.82) is 0 Å². The molecule has 19 heavy (non-hydrogen) atoms. The van der Waals surface area contributed by atoms with Gasteiger partial charge in [-0.1, -0.05) is 18.2 Å². The smallest absolute Gasteiger partial charge is 0.153 e. The largest absolute Gasteiger partial charge is 0.458 e. The molecule has 1 aliphatic rings. The van der Waals surface area contributed by atoms with Crippen molar-refractivity contribution in [2.45, 2.75) is 50.9 Å². The molecule has 2 aromatic rings. The highest BCUT2D eigenvalue weighted by atomic mass is 16.6. The summed E-state index contributed by atoms with van der Waals surface area (Å²) < 4.78 is 11.8. The van der Waals surface area contributed by atoms with Crippen LogP contribution in [-0.2, 0) is 10.3 Å². The minimum absolute atomic E-state index is 0.364. The number of rotatable bonds is 1. The van der Waals surface area contributed by atoms with E-state index >= 15 is 0 Å². The lowest BCUT2D eigenvalue weighted by Crippen LogP contribution is -2.43. The molecule has 1 aliphatic heterocycles. The van der Waals surface area contributed by atoms with Crippen LogP contribution in [0.5, 0.6) is 0 Å². The van der Waals surface area contributed by atoms with E-state index in [1.165, 1.54) is 0 Å². The number of benzene rings is 1. The first kappa shape index (κ1) is 12.7. The Morgan fingerprint density at radius 1 is 1.11 bits per heavy atom. The van der Waals surface area contributed by atoms with Crippen molar-refractivity contribution >= 4 is 11.0 Å². The quantitative estimate of drug-likeness (QED) is 0.852. The molecule has 0 bridgehead atoms. The van der Waals surface area contributed by atoms with Gasteiger partial charge in [-0.15, -0.1) is 0 Å². The number of hydrogen-bond acceptors (Lipinski definition) is 3. The fraction of sp³-hybridized carbons (Fsp3) is 0.500. The SMILES string of the molecule is CC1(C)CC(O)(c2cc3ccccc3o2)C(C)(C)O1. The van der Waals surface area contributed by atoms with Crippen LogP contribution in [0.2, 0.25) is 0 Å². The van der Waals surface area contributed by atoms with E-state index in [2.05, 4.69) is 0 Å². The van der Waals surface area contributed by atoms with Crippen LogP contribution in [0.25, 0.3) is 11.0 Å². The molecule has 1 unspecified atom stereocenters. The molecule has 0 amide bonds. The van der Waals surface area contributed by atoms with Crippen LogP contribution < -0.4 is 0 Å². The molecule has 1 saturated heterocycles. The molecule has 3 nitrogen and oxygen atoms in total. The average Bonchev–Trinajstić information content (AvgIpc) is 2.76. The van der Waals surface area contributed by atoms with Gasteiger partial charge in [-0.3, -0.25) is 0 Å². The van der Waals surface area contributed by atoms with E-state index in [0.29, 0.717) is 12.2 Å². The number of hydrogen-bond donors (Lipinski definition) is 1. The van der Waals surface area contributed by atoms with Gasteiger partial charge in [0.15, 0.2) is 5.60 Å². The van der Waals surface area contributed by atoms with Gasteiger partial charge in [0.2, 0.25) is 0 Å². The Kier molecular flexibility index (Phi) is 2.42. The van der Waals surface area contributed by atoms with Gasteiger partial charge < -0.3 is 14.3 Å². The Morgan fingerprint density at radius 2 is 1.79 bits per heavy atom. The predicted octanol–water partition coefficient (Wildman–Crippen LogP) is 3.60. The molecule has 0 spiro atoms. The maximum atomic E-state index is 11.1. The molecule has 3 heteroatoms. The van der Waals surface area contributed by atoms with Crippen molar-refractivity contribution in [2.24, 2.45) is 0 Å². The second kappa shape index (κ2) is 3.62. The van der Waals surface area contributed by atoms with Gasteiger partial charge in [0.05, 0.1) is 11.2 Å². The topological polar surface area (TPSA) is 42.6 Å². The summed E-state index contributed by atoms with van der Waals surface area (Å²) in [5.74, 6) is 0.587. The first-order valence-electron chi connectivity index (χ1n) is 6.65. The number of para-hydroxylation sites is 1. The van der Waals surface area contributed by atoms with E-state index in [1.54, 1.807) is 0 Å². The molecular weight excluding hydrogens is 240 g/mol. The lowest BCUT2D eigenvalue weighted by Gasteiger charge is -2.33. The van der Waals surface area contributed by atoms with Crippen molar-refractivity contribution in [3.05, 3.63) is 36.1 Å². The van der Waals surface area contributed by atoms with Crippen LogP contribution >= 0.6 is 0 Å². The van der Waals surface area contributed by atoms with Crippen molar-refractivity contribution in [1.82, 2.24) is 0 Å². The lowest BCUT2D eigenvalue weighted by molar-refractivity contribution is -0.136. The van der Waals surface area contributed by atoms with Crippen molar-refractivity contribution < 1.29 is 14.3 Å². The zero-order valence-corrected chi connectivity index (χ0v) is 11.9. The summed E-state index contributed by atoms with van der Waals surface area (Å²) >= 11 is 0. The molecule has 1 fully saturated rings. The predicted molar refractivity (Wildman–Crippen MR) is 74.0 cm³/mol. The van der Waals surface area contributed by atoms with Crippen molar-refractivity contribution in [3.8, 4) is 0 Å². The third kappa shape index (κ3) is 1.80. The highest BCUT2D eigenvalue weighted by Crippen LogP contribution is 2.51. The Hall–Kier alpha value is -1.32. The van der Waals surface area contributed by atoms with Gasteiger partial charge in [-0.25, -0.2) is 0 Å². The summed E-state index contributed by atoms with van der Waals surface area (Å²) in [5.41, 5.74) is -1.34. The maximum absolute atomic E-state index is 11.1. The van der Waals surface area contributed by atoms with Crippen LogP contribution in [0.3, 0.4) is 0 Å². The van der Waals surface area contributed by atoms with E-state index in [0.717, 1.165) is 11.0 Å². The van der Waals surface area contributed by atoms with E-state index in [4.69, 9.17) is 9.15 Å². The summed E-state index contributed by atoms with van der Waals surface area (Å²) in [5, 5.41) is 12.1. The van der Waals surface area contributed by atoms with Crippen LogP contribution in [0.15, 0.2) is 34.7 Å².